The highest BCUT2D eigenvalue weighted by atomic mass is 16.5. The number of rotatable bonds is 6. The number of imidazole rings is 1. The summed E-state index contributed by atoms with van der Waals surface area (Å²) in [6, 6.07) is 5.65. The van der Waals surface area contributed by atoms with Crippen LogP contribution in [0.4, 0.5) is 17.2 Å². The Morgan fingerprint density at radius 1 is 1.18 bits per heavy atom. The van der Waals surface area contributed by atoms with Crippen LogP contribution in [0, 0.1) is 11.3 Å². The monoisotopic (exact) mass is 519 g/mol. The number of fused-ring (bicyclic) bond motifs is 2. The molecular weight excluding hydrogens is 486 g/mol. The Morgan fingerprint density at radius 2 is 2.03 bits per heavy atom. The van der Waals surface area contributed by atoms with Crippen molar-refractivity contribution in [2.45, 2.75) is 56.7 Å². The zero-order valence-electron chi connectivity index (χ0n) is 21.5. The highest BCUT2D eigenvalue weighted by Gasteiger charge is 2.46. The van der Waals surface area contributed by atoms with E-state index in [1.807, 2.05) is 16.8 Å². The molecule has 38 heavy (non-hydrogen) atoms. The van der Waals surface area contributed by atoms with Gasteiger partial charge in [-0.1, -0.05) is 0 Å². The number of nitrogens with one attached hydrogen (secondary N) is 3. The van der Waals surface area contributed by atoms with Gasteiger partial charge in [0.25, 0.3) is 11.5 Å². The number of pyridine rings is 1. The molecule has 11 nitrogen and oxygen atoms in total. The van der Waals surface area contributed by atoms with Crippen LogP contribution in [-0.2, 0) is 9.47 Å². The van der Waals surface area contributed by atoms with Crippen LogP contribution in [0.25, 0.3) is 5.65 Å². The van der Waals surface area contributed by atoms with Gasteiger partial charge >= 0.3 is 0 Å². The van der Waals surface area contributed by atoms with Crippen LogP contribution in [0.2, 0.25) is 0 Å². The van der Waals surface area contributed by atoms with Gasteiger partial charge in [-0.15, -0.1) is 5.10 Å². The lowest BCUT2D eigenvalue weighted by Gasteiger charge is -2.46. The molecule has 2 aliphatic heterocycles. The molecule has 0 bridgehead atoms. The highest BCUT2D eigenvalue weighted by molar-refractivity contribution is 5.94. The maximum Gasteiger partial charge on any atom is 0.274 e. The van der Waals surface area contributed by atoms with Gasteiger partial charge in [0.1, 0.15) is 5.69 Å². The van der Waals surface area contributed by atoms with Crippen LogP contribution < -0.4 is 21.5 Å². The molecular formula is C27H33N7O4. The third-order valence-corrected chi connectivity index (χ3v) is 8.97. The summed E-state index contributed by atoms with van der Waals surface area (Å²) in [7, 11) is 1.79. The molecule has 0 radical (unpaired) electrons. The molecule has 200 valence electrons. The van der Waals surface area contributed by atoms with E-state index in [0.717, 1.165) is 58.3 Å². The van der Waals surface area contributed by atoms with E-state index in [4.69, 9.17) is 9.47 Å². The SMILES string of the molecule is CNc1cc(Nc2cccn(C3CCC4(CC3)COC4)c2=O)nn2c(C(=O)N[C@@H]3C[C@H]4CCO[C@H]43)cnc12. The van der Waals surface area contributed by atoms with E-state index in [0.29, 0.717) is 39.9 Å². The van der Waals surface area contributed by atoms with E-state index in [-0.39, 0.29) is 29.7 Å². The Kier molecular flexibility index (Phi) is 5.66. The van der Waals surface area contributed by atoms with Gasteiger partial charge in [0.15, 0.2) is 17.2 Å². The second-order valence-corrected chi connectivity index (χ2v) is 11.3. The number of amides is 1. The van der Waals surface area contributed by atoms with Crippen molar-refractivity contribution in [3.63, 3.8) is 0 Å². The predicted molar refractivity (Wildman–Crippen MR) is 141 cm³/mol. The summed E-state index contributed by atoms with van der Waals surface area (Å²) < 4.78 is 14.6. The largest absolute Gasteiger partial charge is 0.385 e. The number of aromatic nitrogens is 4. The van der Waals surface area contributed by atoms with Gasteiger partial charge in [-0.05, 0) is 56.6 Å². The summed E-state index contributed by atoms with van der Waals surface area (Å²) in [5, 5.41) is 14.1. The molecule has 3 aromatic heterocycles. The Bertz CT molecular complexity index is 1430. The van der Waals surface area contributed by atoms with Crippen molar-refractivity contribution in [3.05, 3.63) is 46.6 Å². The molecule has 3 atom stereocenters. The average Bonchev–Trinajstić information content (AvgIpc) is 3.50. The molecule has 1 amide bonds. The zero-order chi connectivity index (χ0) is 25.9. The number of anilines is 3. The van der Waals surface area contributed by atoms with E-state index in [9.17, 15) is 9.59 Å². The van der Waals surface area contributed by atoms with Gasteiger partial charge in [-0.2, -0.15) is 0 Å². The Hall–Kier alpha value is -3.44. The van der Waals surface area contributed by atoms with Gasteiger partial charge in [-0.3, -0.25) is 9.59 Å². The van der Waals surface area contributed by atoms with Gasteiger partial charge in [0.05, 0.1) is 37.2 Å². The van der Waals surface area contributed by atoms with Crippen LogP contribution in [0.15, 0.2) is 35.4 Å². The van der Waals surface area contributed by atoms with E-state index in [1.54, 1.807) is 19.2 Å². The Morgan fingerprint density at radius 3 is 2.76 bits per heavy atom. The molecule has 3 aromatic rings. The van der Waals surface area contributed by atoms with Crippen molar-refractivity contribution in [1.82, 2.24) is 24.5 Å². The summed E-state index contributed by atoms with van der Waals surface area (Å²) in [5.41, 5.74) is 2.26. The molecule has 7 rings (SSSR count). The number of carbonyl (C=O) groups is 1. The summed E-state index contributed by atoms with van der Waals surface area (Å²) in [6.45, 7) is 2.46. The maximum atomic E-state index is 13.4. The number of hydrogen-bond acceptors (Lipinski definition) is 8. The summed E-state index contributed by atoms with van der Waals surface area (Å²) in [6.07, 6.45) is 9.64. The fourth-order valence-electron chi connectivity index (χ4n) is 6.57. The minimum Gasteiger partial charge on any atom is -0.385 e. The van der Waals surface area contributed by atoms with E-state index in [2.05, 4.69) is 26.0 Å². The fraction of sp³-hybridized carbons (Fsp3) is 0.556. The molecule has 3 N–H and O–H groups in total. The van der Waals surface area contributed by atoms with Crippen molar-refractivity contribution in [2.75, 3.05) is 37.5 Å². The maximum absolute atomic E-state index is 13.4. The third-order valence-electron chi connectivity index (χ3n) is 8.97. The lowest BCUT2D eigenvalue weighted by Crippen LogP contribution is -2.54. The molecule has 5 heterocycles. The first-order valence-electron chi connectivity index (χ1n) is 13.6. The normalized spacial score (nSPS) is 26.0. The first-order valence-corrected chi connectivity index (χ1v) is 13.6. The van der Waals surface area contributed by atoms with Crippen molar-refractivity contribution < 1.29 is 14.3 Å². The molecule has 4 fully saturated rings. The predicted octanol–water partition coefficient (Wildman–Crippen LogP) is 2.72. The van der Waals surface area contributed by atoms with Crippen LogP contribution in [-0.4, -0.2) is 64.1 Å². The molecule has 11 heteroatoms. The second-order valence-electron chi connectivity index (χ2n) is 11.3. The molecule has 2 saturated heterocycles. The van der Waals surface area contributed by atoms with Gasteiger partial charge in [0, 0.05) is 37.4 Å². The summed E-state index contributed by atoms with van der Waals surface area (Å²) in [5.74, 6) is 0.752. The van der Waals surface area contributed by atoms with Crippen molar-refractivity contribution in [3.8, 4) is 0 Å². The second kappa shape index (κ2) is 9.09. The summed E-state index contributed by atoms with van der Waals surface area (Å²) >= 11 is 0. The van der Waals surface area contributed by atoms with Gasteiger partial charge < -0.3 is 30.0 Å². The van der Waals surface area contributed by atoms with Crippen LogP contribution in [0.1, 0.15) is 55.1 Å². The Balaban J connectivity index is 1.13. The Labute approximate surface area is 219 Å². The minimum atomic E-state index is -0.239. The van der Waals surface area contributed by atoms with Crippen LogP contribution >= 0.6 is 0 Å². The third kappa shape index (κ3) is 3.87. The first kappa shape index (κ1) is 23.7. The van der Waals surface area contributed by atoms with E-state index >= 15 is 0 Å². The zero-order valence-corrected chi connectivity index (χ0v) is 21.5. The minimum absolute atomic E-state index is 0.0138. The van der Waals surface area contributed by atoms with Crippen LogP contribution in [0.3, 0.4) is 0 Å². The standard InChI is InChI=1S/C27H33N7O4/c1-28-20-12-22(30-18-3-2-9-33(26(18)36)17-4-7-27(8-5-17)14-37-15-27)32-34-21(13-29-24(20)34)25(35)31-19-11-16-6-10-38-23(16)19/h2-3,9,12-13,16-17,19,23,28H,4-8,10-11,14-15H2,1H3,(H,30,32)(H,31,35)/t16-,19-,23-/m1/s1. The van der Waals surface area contributed by atoms with E-state index in [1.165, 1.54) is 10.7 Å². The number of nitrogens with zero attached hydrogens (tertiary/aromatic N) is 4. The average molecular weight is 520 g/mol. The summed E-state index contributed by atoms with van der Waals surface area (Å²) in [4.78, 5) is 31.0. The topological polar surface area (TPSA) is 124 Å². The number of ether oxygens (including phenoxy) is 2. The highest BCUT2D eigenvalue weighted by Crippen LogP contribution is 2.45. The molecule has 0 aromatic carbocycles. The van der Waals surface area contributed by atoms with Gasteiger partial charge in [0.2, 0.25) is 0 Å². The molecule has 2 saturated carbocycles. The van der Waals surface area contributed by atoms with Crippen molar-refractivity contribution in [2.24, 2.45) is 11.3 Å². The molecule has 4 aliphatic rings. The number of carbonyl (C=O) groups excluding carboxylic acids is 1. The lowest BCUT2D eigenvalue weighted by molar-refractivity contribution is -0.135. The smallest absolute Gasteiger partial charge is 0.274 e. The van der Waals surface area contributed by atoms with Crippen molar-refractivity contribution >= 4 is 28.7 Å². The first-order chi connectivity index (χ1) is 18.5. The fourth-order valence-corrected chi connectivity index (χ4v) is 6.57. The van der Waals surface area contributed by atoms with E-state index < -0.39 is 0 Å². The quantitative estimate of drug-likeness (QED) is 0.454. The van der Waals surface area contributed by atoms with Crippen molar-refractivity contribution in [1.29, 1.82) is 0 Å². The molecule has 1 spiro atoms. The molecule has 0 unspecified atom stereocenters. The lowest BCUT2D eigenvalue weighted by atomic mass is 9.71. The van der Waals surface area contributed by atoms with Gasteiger partial charge in [-0.25, -0.2) is 9.50 Å². The van der Waals surface area contributed by atoms with Crippen LogP contribution in [0.5, 0.6) is 0 Å². The number of hydrogen-bond donors (Lipinski definition) is 3. The molecule has 2 aliphatic carbocycles.